The van der Waals surface area contributed by atoms with Gasteiger partial charge in [-0.1, -0.05) is 23.7 Å². The first-order valence-corrected chi connectivity index (χ1v) is 10.1. The molecule has 0 spiro atoms. The van der Waals surface area contributed by atoms with Crippen LogP contribution in [-0.2, 0) is 10.0 Å². The summed E-state index contributed by atoms with van der Waals surface area (Å²) in [4.78, 5) is 12.5. The molecule has 10 heteroatoms. The lowest BCUT2D eigenvalue weighted by Crippen LogP contribution is -2.33. The van der Waals surface area contributed by atoms with Crippen LogP contribution in [0.5, 0.6) is 5.75 Å². The molecule has 0 aliphatic heterocycles. The van der Waals surface area contributed by atoms with E-state index >= 15 is 0 Å². The van der Waals surface area contributed by atoms with Crippen molar-refractivity contribution in [2.75, 3.05) is 4.90 Å². The molecular formula is C16H17BrClN3O4S. The van der Waals surface area contributed by atoms with Gasteiger partial charge in [-0.05, 0) is 54.0 Å². The predicted molar refractivity (Wildman–Crippen MR) is 104 cm³/mol. The topological polar surface area (TPSA) is 113 Å². The van der Waals surface area contributed by atoms with Gasteiger partial charge in [-0.3, -0.25) is 4.90 Å². The number of primary amides is 1. The number of aromatic hydroxyl groups is 1. The van der Waals surface area contributed by atoms with Crippen LogP contribution >= 0.6 is 27.5 Å². The number of hydrogen-bond acceptors (Lipinski definition) is 4. The van der Waals surface area contributed by atoms with Crippen molar-refractivity contribution in [3.8, 4) is 5.75 Å². The Morgan fingerprint density at radius 3 is 2.38 bits per heavy atom. The summed E-state index contributed by atoms with van der Waals surface area (Å²) in [5.41, 5.74) is 5.69. The van der Waals surface area contributed by atoms with Gasteiger partial charge >= 0.3 is 6.03 Å². The number of nitrogens with zero attached hydrogens (tertiary/aromatic N) is 1. The molecule has 0 aromatic heterocycles. The molecule has 2 aromatic carbocycles. The highest BCUT2D eigenvalue weighted by molar-refractivity contribution is 9.10. The largest absolute Gasteiger partial charge is 0.504 e. The minimum atomic E-state index is -4.12. The van der Waals surface area contributed by atoms with Crippen molar-refractivity contribution in [2.45, 2.75) is 24.8 Å². The number of amides is 2. The fourth-order valence-corrected chi connectivity index (χ4v) is 4.68. The summed E-state index contributed by atoms with van der Waals surface area (Å²) < 4.78 is 27.9. The highest BCUT2D eigenvalue weighted by atomic mass is 79.9. The van der Waals surface area contributed by atoms with Crippen LogP contribution in [0.3, 0.4) is 0 Å². The van der Waals surface area contributed by atoms with Gasteiger partial charge in [0.1, 0.15) is 4.90 Å². The molecule has 140 valence electrons. The number of halogens is 2. The number of anilines is 2. The number of carbonyl (C=O) groups is 1. The lowest BCUT2D eigenvalue weighted by atomic mass is 10.2. The molecule has 0 atom stereocenters. The Kier molecular flexibility index (Phi) is 6.17. The molecule has 4 N–H and O–H groups in total. The van der Waals surface area contributed by atoms with Crippen molar-refractivity contribution in [1.82, 2.24) is 4.72 Å². The third-order valence-corrected chi connectivity index (χ3v) is 6.11. The zero-order chi connectivity index (χ0) is 19.6. The summed E-state index contributed by atoms with van der Waals surface area (Å²) in [5.74, 6) is -0.680. The molecule has 2 rings (SSSR count). The Labute approximate surface area is 164 Å². The molecule has 2 amide bonds. The number of nitrogens with one attached hydrogen (secondary N) is 1. The maximum Gasteiger partial charge on any atom is 0.324 e. The van der Waals surface area contributed by atoms with E-state index in [2.05, 4.69) is 20.7 Å². The fourth-order valence-electron chi connectivity index (χ4n) is 2.34. The van der Waals surface area contributed by atoms with Gasteiger partial charge in [0.05, 0.1) is 16.4 Å². The minimum absolute atomic E-state index is 0.113. The number of benzene rings is 2. The summed E-state index contributed by atoms with van der Waals surface area (Å²) in [5, 5.41) is 10.4. The Morgan fingerprint density at radius 1 is 1.23 bits per heavy atom. The molecule has 7 nitrogen and oxygen atoms in total. The van der Waals surface area contributed by atoms with Gasteiger partial charge in [0.25, 0.3) is 0 Å². The molecule has 0 saturated heterocycles. The number of phenolic OH excluding ortho intramolecular Hbond substituents is 1. The molecule has 0 radical (unpaired) electrons. The van der Waals surface area contributed by atoms with Crippen molar-refractivity contribution in [3.63, 3.8) is 0 Å². The van der Waals surface area contributed by atoms with Crippen molar-refractivity contribution < 1.29 is 18.3 Å². The van der Waals surface area contributed by atoms with Crippen LogP contribution < -0.4 is 15.4 Å². The molecule has 0 heterocycles. The second-order valence-electron chi connectivity index (χ2n) is 5.65. The molecule has 0 saturated carbocycles. The maximum atomic E-state index is 12.5. The first-order valence-electron chi connectivity index (χ1n) is 7.44. The Hall–Kier alpha value is -1.81. The Bertz CT molecular complexity index is 951. The highest BCUT2D eigenvalue weighted by Gasteiger charge is 2.29. The standard InChI is InChI=1S/C16H17BrClN3O4S/c1-9(2)20-26(24,25)15-11(18)7-8-13(14(15)22)21(16(19)23)12-6-4-3-5-10(12)17/h3-9,20,22H,1-2H3,(H2,19,23). The number of urea groups is 1. The number of rotatable bonds is 5. The second kappa shape index (κ2) is 7.83. The van der Waals surface area contributed by atoms with Gasteiger partial charge in [-0.25, -0.2) is 17.9 Å². The highest BCUT2D eigenvalue weighted by Crippen LogP contribution is 2.42. The average Bonchev–Trinajstić information content (AvgIpc) is 2.49. The number of nitrogens with two attached hydrogens (primary N) is 1. The van der Waals surface area contributed by atoms with Crippen LogP contribution in [0.25, 0.3) is 0 Å². The van der Waals surface area contributed by atoms with Crippen LogP contribution in [0, 0.1) is 0 Å². The summed E-state index contributed by atoms with van der Waals surface area (Å²) in [6.07, 6.45) is 0. The van der Waals surface area contributed by atoms with Gasteiger partial charge in [0.15, 0.2) is 5.75 Å². The average molecular weight is 463 g/mol. The molecule has 26 heavy (non-hydrogen) atoms. The summed E-state index contributed by atoms with van der Waals surface area (Å²) in [6, 6.07) is 7.93. The van der Waals surface area contributed by atoms with Crippen LogP contribution in [0.15, 0.2) is 45.8 Å². The zero-order valence-corrected chi connectivity index (χ0v) is 17.1. The monoisotopic (exact) mass is 461 g/mol. The molecule has 0 fully saturated rings. The van der Waals surface area contributed by atoms with Crippen LogP contribution in [0.1, 0.15) is 13.8 Å². The number of sulfonamides is 1. The third-order valence-electron chi connectivity index (χ3n) is 3.28. The van der Waals surface area contributed by atoms with Crippen molar-refractivity contribution in [3.05, 3.63) is 45.9 Å². The summed E-state index contributed by atoms with van der Waals surface area (Å²) in [7, 11) is -4.12. The number of hydrogen-bond donors (Lipinski definition) is 3. The number of phenols is 1. The lowest BCUT2D eigenvalue weighted by molar-refractivity contribution is 0.256. The predicted octanol–water partition coefficient (Wildman–Crippen LogP) is 3.71. The normalized spacial score (nSPS) is 11.6. The Morgan fingerprint density at radius 2 is 1.85 bits per heavy atom. The number of carbonyl (C=O) groups excluding carboxylic acids is 1. The Balaban J connectivity index is 2.72. The SMILES string of the molecule is CC(C)NS(=O)(=O)c1c(Cl)ccc(N(C(N)=O)c2ccccc2Br)c1O. The molecule has 2 aromatic rings. The molecule has 0 aliphatic rings. The number of para-hydroxylation sites is 1. The smallest absolute Gasteiger partial charge is 0.324 e. The lowest BCUT2D eigenvalue weighted by Gasteiger charge is -2.24. The first-order chi connectivity index (χ1) is 12.1. The minimum Gasteiger partial charge on any atom is -0.504 e. The summed E-state index contributed by atoms with van der Waals surface area (Å²) in [6.45, 7) is 3.26. The molecule has 0 aliphatic carbocycles. The summed E-state index contributed by atoms with van der Waals surface area (Å²) >= 11 is 9.31. The van der Waals surface area contributed by atoms with Crippen LogP contribution in [-0.4, -0.2) is 25.6 Å². The third kappa shape index (κ3) is 4.12. The van der Waals surface area contributed by atoms with Crippen LogP contribution in [0.2, 0.25) is 5.02 Å². The van der Waals surface area contributed by atoms with E-state index < -0.39 is 32.7 Å². The fraction of sp³-hybridized carbons (Fsp3) is 0.188. The van der Waals surface area contributed by atoms with Crippen molar-refractivity contribution >= 4 is 55.0 Å². The van der Waals surface area contributed by atoms with E-state index in [-0.39, 0.29) is 10.7 Å². The maximum absolute atomic E-state index is 12.5. The van der Waals surface area contributed by atoms with Crippen LogP contribution in [0.4, 0.5) is 16.2 Å². The van der Waals surface area contributed by atoms with E-state index in [0.29, 0.717) is 10.2 Å². The van der Waals surface area contributed by atoms with E-state index in [1.54, 1.807) is 38.1 Å². The van der Waals surface area contributed by atoms with E-state index in [9.17, 15) is 18.3 Å². The first kappa shape index (κ1) is 20.5. The quantitative estimate of drug-likeness (QED) is 0.628. The van der Waals surface area contributed by atoms with Gasteiger partial charge in [-0.2, -0.15) is 0 Å². The molecular weight excluding hydrogens is 446 g/mol. The molecule has 0 bridgehead atoms. The van der Waals surface area contributed by atoms with Gasteiger partial charge in [-0.15, -0.1) is 0 Å². The van der Waals surface area contributed by atoms with E-state index in [1.165, 1.54) is 12.1 Å². The van der Waals surface area contributed by atoms with Crippen molar-refractivity contribution in [1.29, 1.82) is 0 Å². The van der Waals surface area contributed by atoms with Gasteiger partial charge in [0.2, 0.25) is 10.0 Å². The van der Waals surface area contributed by atoms with Gasteiger partial charge < -0.3 is 10.8 Å². The van der Waals surface area contributed by atoms with E-state index in [0.717, 1.165) is 4.90 Å². The van der Waals surface area contributed by atoms with E-state index in [1.807, 2.05) is 0 Å². The zero-order valence-electron chi connectivity index (χ0n) is 13.9. The molecule has 0 unspecified atom stereocenters. The second-order valence-corrected chi connectivity index (χ2v) is 8.56. The van der Waals surface area contributed by atoms with Gasteiger partial charge in [0, 0.05) is 10.5 Å². The van der Waals surface area contributed by atoms with Crippen molar-refractivity contribution in [2.24, 2.45) is 5.73 Å². The van der Waals surface area contributed by atoms with E-state index in [4.69, 9.17) is 17.3 Å².